The Morgan fingerprint density at radius 1 is 1.10 bits per heavy atom. The minimum absolute atomic E-state index is 0.0935. The molecule has 0 bridgehead atoms. The van der Waals surface area contributed by atoms with Gasteiger partial charge in [-0.1, -0.05) is 42.5 Å². The predicted molar refractivity (Wildman–Crippen MR) is 124 cm³/mol. The van der Waals surface area contributed by atoms with Crippen molar-refractivity contribution in [2.24, 2.45) is 0 Å². The van der Waals surface area contributed by atoms with Crippen LogP contribution in [0.2, 0.25) is 0 Å². The fraction of sp³-hybridized carbons (Fsp3) is 0.348. The van der Waals surface area contributed by atoms with Crippen LogP contribution in [-0.4, -0.2) is 41.6 Å². The summed E-state index contributed by atoms with van der Waals surface area (Å²) in [4.78, 5) is 36.5. The molecule has 31 heavy (non-hydrogen) atoms. The van der Waals surface area contributed by atoms with Gasteiger partial charge in [-0.3, -0.25) is 19.7 Å². The molecule has 0 saturated carbocycles. The fourth-order valence-electron chi connectivity index (χ4n) is 3.33. The smallest absolute Gasteiger partial charge is 0.234 e. The monoisotopic (exact) mass is 440 g/mol. The zero-order valence-electron chi connectivity index (χ0n) is 17.5. The van der Waals surface area contributed by atoms with Gasteiger partial charge >= 0.3 is 0 Å². The van der Waals surface area contributed by atoms with Crippen molar-refractivity contribution in [3.05, 3.63) is 65.7 Å². The van der Waals surface area contributed by atoms with Gasteiger partial charge in [-0.15, -0.1) is 11.8 Å². The highest BCUT2D eigenvalue weighted by atomic mass is 32.2. The first-order valence-electron chi connectivity index (χ1n) is 10.3. The van der Waals surface area contributed by atoms with Crippen LogP contribution < -0.4 is 21.3 Å². The van der Waals surface area contributed by atoms with Crippen molar-refractivity contribution in [1.29, 1.82) is 0 Å². The van der Waals surface area contributed by atoms with Crippen molar-refractivity contribution in [1.82, 2.24) is 16.0 Å². The van der Waals surface area contributed by atoms with Gasteiger partial charge in [0, 0.05) is 31.1 Å². The zero-order valence-corrected chi connectivity index (χ0v) is 18.3. The van der Waals surface area contributed by atoms with Gasteiger partial charge in [0.15, 0.2) is 0 Å². The van der Waals surface area contributed by atoms with Crippen LogP contribution in [0.1, 0.15) is 24.0 Å². The van der Waals surface area contributed by atoms with Gasteiger partial charge in [-0.2, -0.15) is 0 Å². The van der Waals surface area contributed by atoms with E-state index in [2.05, 4.69) is 21.3 Å². The average Bonchev–Trinajstić information content (AvgIpc) is 2.73. The second kappa shape index (κ2) is 11.5. The van der Waals surface area contributed by atoms with Crippen molar-refractivity contribution < 1.29 is 14.4 Å². The Bertz CT molecular complexity index is 907. The number of hydrogen-bond donors (Lipinski definition) is 4. The Balaban J connectivity index is 1.39. The van der Waals surface area contributed by atoms with Crippen LogP contribution >= 0.6 is 11.8 Å². The number of anilines is 1. The number of thioether (sulfide) groups is 1. The van der Waals surface area contributed by atoms with Crippen molar-refractivity contribution in [2.75, 3.05) is 17.6 Å². The Morgan fingerprint density at radius 2 is 1.90 bits per heavy atom. The SMILES string of the molecule is Cc1cccc(NC(=O)CSC2NC(=O)CC(CC(=O)NCCc3ccccc3)N2)c1. The molecule has 0 radical (unpaired) electrons. The maximum absolute atomic E-state index is 12.3. The summed E-state index contributed by atoms with van der Waals surface area (Å²) in [5, 5.41) is 11.8. The summed E-state index contributed by atoms with van der Waals surface area (Å²) in [5.41, 5.74) is 2.57. The predicted octanol–water partition coefficient (Wildman–Crippen LogP) is 2.18. The molecule has 1 fully saturated rings. The normalized spacial score (nSPS) is 18.2. The summed E-state index contributed by atoms with van der Waals surface area (Å²) in [6.45, 7) is 2.52. The molecule has 164 valence electrons. The minimum Gasteiger partial charge on any atom is -0.356 e. The highest BCUT2D eigenvalue weighted by molar-refractivity contribution is 8.00. The summed E-state index contributed by atoms with van der Waals surface area (Å²) >= 11 is 1.29. The van der Waals surface area contributed by atoms with E-state index >= 15 is 0 Å². The largest absolute Gasteiger partial charge is 0.356 e. The molecule has 2 aromatic carbocycles. The highest BCUT2D eigenvalue weighted by Crippen LogP contribution is 2.15. The number of nitrogens with one attached hydrogen (secondary N) is 4. The molecule has 1 aliphatic rings. The van der Waals surface area contributed by atoms with Crippen LogP contribution in [0.4, 0.5) is 5.69 Å². The van der Waals surface area contributed by atoms with Crippen LogP contribution in [0.5, 0.6) is 0 Å². The van der Waals surface area contributed by atoms with E-state index < -0.39 is 5.50 Å². The molecule has 3 rings (SSSR count). The van der Waals surface area contributed by atoms with Crippen molar-refractivity contribution >= 4 is 35.2 Å². The lowest BCUT2D eigenvalue weighted by Crippen LogP contribution is -2.56. The molecule has 2 aromatic rings. The molecule has 8 heteroatoms. The van der Waals surface area contributed by atoms with E-state index in [1.807, 2.05) is 61.5 Å². The third-order valence-corrected chi connectivity index (χ3v) is 5.82. The number of benzene rings is 2. The minimum atomic E-state index is -0.411. The van der Waals surface area contributed by atoms with Crippen LogP contribution in [0.25, 0.3) is 0 Å². The maximum Gasteiger partial charge on any atom is 0.234 e. The molecule has 0 spiro atoms. The van der Waals surface area contributed by atoms with E-state index in [1.165, 1.54) is 17.3 Å². The zero-order chi connectivity index (χ0) is 22.1. The number of rotatable bonds is 9. The Kier molecular flexibility index (Phi) is 8.49. The quantitative estimate of drug-likeness (QED) is 0.479. The average molecular weight is 441 g/mol. The molecule has 7 nitrogen and oxygen atoms in total. The molecular formula is C23H28N4O3S. The van der Waals surface area contributed by atoms with Crippen molar-refractivity contribution in [3.63, 3.8) is 0 Å². The summed E-state index contributed by atoms with van der Waals surface area (Å²) in [6.07, 6.45) is 1.22. The fourth-order valence-corrected chi connectivity index (χ4v) is 4.22. The first-order chi connectivity index (χ1) is 15.0. The van der Waals surface area contributed by atoms with Crippen LogP contribution in [0, 0.1) is 6.92 Å². The number of hydrogen-bond acceptors (Lipinski definition) is 5. The first kappa shape index (κ1) is 22.8. The first-order valence-corrected chi connectivity index (χ1v) is 11.4. The third kappa shape index (κ3) is 8.07. The van der Waals surface area contributed by atoms with E-state index in [0.717, 1.165) is 17.7 Å². The van der Waals surface area contributed by atoms with Gasteiger partial charge in [0.2, 0.25) is 17.7 Å². The molecule has 1 saturated heterocycles. The lowest BCUT2D eigenvalue weighted by atomic mass is 10.1. The lowest BCUT2D eigenvalue weighted by molar-refractivity contribution is -0.125. The third-order valence-electron chi connectivity index (χ3n) is 4.80. The number of aryl methyl sites for hydroxylation is 1. The highest BCUT2D eigenvalue weighted by Gasteiger charge is 2.28. The molecule has 3 amide bonds. The molecule has 2 unspecified atom stereocenters. The number of carbonyl (C=O) groups excluding carboxylic acids is 3. The molecule has 4 N–H and O–H groups in total. The second-order valence-electron chi connectivity index (χ2n) is 7.53. The maximum atomic E-state index is 12.3. The second-order valence-corrected chi connectivity index (χ2v) is 8.63. The van der Waals surface area contributed by atoms with E-state index in [1.54, 1.807) is 0 Å². The lowest BCUT2D eigenvalue weighted by Gasteiger charge is -2.30. The summed E-state index contributed by atoms with van der Waals surface area (Å²) in [5.74, 6) is -0.184. The van der Waals surface area contributed by atoms with E-state index in [-0.39, 0.29) is 42.4 Å². The van der Waals surface area contributed by atoms with Crippen LogP contribution in [-0.2, 0) is 20.8 Å². The van der Waals surface area contributed by atoms with Crippen LogP contribution in [0.15, 0.2) is 54.6 Å². The van der Waals surface area contributed by atoms with Crippen molar-refractivity contribution in [2.45, 2.75) is 37.7 Å². The molecule has 1 heterocycles. The molecular weight excluding hydrogens is 412 g/mol. The number of carbonyl (C=O) groups is 3. The summed E-state index contributed by atoms with van der Waals surface area (Å²) in [6, 6.07) is 17.3. The Labute approximate surface area is 186 Å². The van der Waals surface area contributed by atoms with E-state index in [9.17, 15) is 14.4 Å². The van der Waals surface area contributed by atoms with Gasteiger partial charge < -0.3 is 16.0 Å². The van der Waals surface area contributed by atoms with E-state index in [4.69, 9.17) is 0 Å². The molecule has 1 aliphatic heterocycles. The molecule has 2 atom stereocenters. The van der Waals surface area contributed by atoms with Gasteiger partial charge in [-0.25, -0.2) is 0 Å². The Morgan fingerprint density at radius 3 is 2.68 bits per heavy atom. The standard InChI is InChI=1S/C23H28N4O3S/c1-16-6-5-9-18(12-16)25-22(30)15-31-23-26-19(14-21(29)27-23)13-20(28)24-11-10-17-7-3-2-4-8-17/h2-9,12,19,23,26H,10-11,13-15H2,1H3,(H,24,28)(H,25,30)(H,27,29). The van der Waals surface area contributed by atoms with Crippen molar-refractivity contribution in [3.8, 4) is 0 Å². The summed E-state index contributed by atoms with van der Waals surface area (Å²) < 4.78 is 0. The molecule has 0 aliphatic carbocycles. The van der Waals surface area contributed by atoms with Gasteiger partial charge in [0.05, 0.1) is 5.75 Å². The topological polar surface area (TPSA) is 99.3 Å². The van der Waals surface area contributed by atoms with Crippen LogP contribution in [0.3, 0.4) is 0 Å². The van der Waals surface area contributed by atoms with E-state index in [0.29, 0.717) is 6.54 Å². The number of amides is 3. The summed E-state index contributed by atoms with van der Waals surface area (Å²) in [7, 11) is 0. The Hall–Kier alpha value is -2.84. The molecule has 0 aromatic heterocycles. The van der Waals surface area contributed by atoms with Gasteiger partial charge in [-0.05, 0) is 36.6 Å². The van der Waals surface area contributed by atoms with Gasteiger partial charge in [0.25, 0.3) is 0 Å². The van der Waals surface area contributed by atoms with Gasteiger partial charge in [0.1, 0.15) is 5.50 Å².